The Labute approximate surface area is 198 Å². The first kappa shape index (κ1) is 23.1. The van der Waals surface area contributed by atoms with Crippen LogP contribution in [0, 0.1) is 35.5 Å². The van der Waals surface area contributed by atoms with Crippen molar-refractivity contribution in [2.24, 2.45) is 5.92 Å². The van der Waals surface area contributed by atoms with Gasteiger partial charge in [-0.05, 0) is 31.7 Å². The highest BCUT2D eigenvalue weighted by Gasteiger charge is 2.27. The lowest BCUT2D eigenvalue weighted by molar-refractivity contribution is -0.128. The zero-order valence-corrected chi connectivity index (χ0v) is 19.8. The smallest absolute Gasteiger partial charge is 0.264 e. The third kappa shape index (κ3) is 4.13. The number of methoxy groups -OCH3 is 1. The second kappa shape index (κ2) is 9.40. The Morgan fingerprint density at radius 1 is 1.24 bits per heavy atom. The molecule has 1 aliphatic rings. The van der Waals surface area contributed by atoms with Crippen LogP contribution in [0.1, 0.15) is 44.0 Å². The maximum absolute atomic E-state index is 12.7. The molecule has 0 radical (unpaired) electrons. The summed E-state index contributed by atoms with van der Waals surface area (Å²) in [5.41, 5.74) is 4.17. The zero-order chi connectivity index (χ0) is 24.4. The summed E-state index contributed by atoms with van der Waals surface area (Å²) in [5.74, 6) is 0.532. The lowest BCUT2D eigenvalue weighted by atomic mass is 10.0. The summed E-state index contributed by atoms with van der Waals surface area (Å²) in [6, 6.07) is 6.26. The Bertz CT molecular complexity index is 1340. The van der Waals surface area contributed by atoms with Gasteiger partial charge in [0.15, 0.2) is 0 Å². The van der Waals surface area contributed by atoms with Crippen molar-refractivity contribution in [3.63, 3.8) is 0 Å². The number of pyridine rings is 1. The lowest BCUT2D eigenvalue weighted by Gasteiger charge is -2.32. The van der Waals surface area contributed by atoms with Crippen LogP contribution in [0.4, 0.5) is 0 Å². The largest absolute Gasteiger partial charge is 0.494 e. The average molecular weight is 458 g/mol. The zero-order valence-electron chi connectivity index (χ0n) is 19.8. The highest BCUT2D eigenvalue weighted by atomic mass is 16.5. The maximum atomic E-state index is 12.7. The van der Waals surface area contributed by atoms with E-state index in [0.29, 0.717) is 29.9 Å². The van der Waals surface area contributed by atoms with Crippen molar-refractivity contribution in [1.29, 1.82) is 10.5 Å². The van der Waals surface area contributed by atoms with E-state index >= 15 is 0 Å². The standard InChI is InChI=1S/C25H27N7O2/c1-16(2)9-18(11-26)25(33)30-7-5-21(6-8-30)32-17(3)22(14-29-32)19-10-23(34-4)24-20(12-27)13-28-31(24)15-19/h9-10,13-16,21H,5-8H2,1-4H3/b18-9+. The molecule has 4 heterocycles. The van der Waals surface area contributed by atoms with E-state index in [1.54, 1.807) is 22.6 Å². The molecule has 3 aromatic heterocycles. The number of aromatic nitrogens is 4. The van der Waals surface area contributed by atoms with Crippen molar-refractivity contribution >= 4 is 11.4 Å². The SMILES string of the molecule is COc1cc(-c2cnn(C3CCN(C(=O)/C(C#N)=C/C(C)C)CC3)c2C)cn2ncc(C#N)c12. The number of amides is 1. The Morgan fingerprint density at radius 3 is 2.59 bits per heavy atom. The van der Waals surface area contributed by atoms with Crippen LogP contribution in [0.25, 0.3) is 16.6 Å². The molecule has 1 fully saturated rings. The molecular weight excluding hydrogens is 430 g/mol. The molecule has 9 heteroatoms. The first-order valence-electron chi connectivity index (χ1n) is 11.3. The summed E-state index contributed by atoms with van der Waals surface area (Å²) >= 11 is 0. The van der Waals surface area contributed by atoms with E-state index in [4.69, 9.17) is 4.74 Å². The Kier molecular flexibility index (Phi) is 6.38. The molecule has 9 nitrogen and oxygen atoms in total. The number of ether oxygens (including phenoxy) is 1. The molecule has 0 unspecified atom stereocenters. The minimum absolute atomic E-state index is 0.146. The number of hydrogen-bond donors (Lipinski definition) is 0. The molecule has 0 bridgehead atoms. The van der Waals surface area contributed by atoms with Crippen LogP contribution in [0.5, 0.6) is 5.75 Å². The number of likely N-dealkylation sites (tertiary alicyclic amines) is 1. The van der Waals surface area contributed by atoms with Gasteiger partial charge in [0.05, 0.1) is 25.5 Å². The number of carbonyl (C=O) groups excluding carboxylic acids is 1. The van der Waals surface area contributed by atoms with Crippen molar-refractivity contribution in [2.45, 2.75) is 39.7 Å². The predicted molar refractivity (Wildman–Crippen MR) is 126 cm³/mol. The minimum atomic E-state index is -0.191. The Morgan fingerprint density at radius 2 is 1.97 bits per heavy atom. The van der Waals surface area contributed by atoms with E-state index in [9.17, 15) is 15.3 Å². The summed E-state index contributed by atoms with van der Waals surface area (Å²) in [7, 11) is 1.58. The van der Waals surface area contributed by atoms with E-state index in [0.717, 1.165) is 29.7 Å². The monoisotopic (exact) mass is 457 g/mol. The molecule has 1 amide bonds. The summed E-state index contributed by atoms with van der Waals surface area (Å²) in [6.07, 6.45) is 8.49. The quantitative estimate of drug-likeness (QED) is 0.427. The van der Waals surface area contributed by atoms with Gasteiger partial charge in [0, 0.05) is 36.1 Å². The molecule has 3 aromatic rings. The van der Waals surface area contributed by atoms with Crippen molar-refractivity contribution in [3.8, 4) is 29.0 Å². The molecule has 0 saturated carbocycles. The van der Waals surface area contributed by atoms with Gasteiger partial charge in [0.1, 0.15) is 34.5 Å². The average Bonchev–Trinajstić information content (AvgIpc) is 3.44. The second-order valence-corrected chi connectivity index (χ2v) is 8.81. The minimum Gasteiger partial charge on any atom is -0.494 e. The van der Waals surface area contributed by atoms with Crippen LogP contribution in [-0.4, -0.2) is 50.4 Å². The van der Waals surface area contributed by atoms with Gasteiger partial charge in [0.2, 0.25) is 0 Å². The molecule has 0 N–H and O–H groups in total. The highest BCUT2D eigenvalue weighted by Crippen LogP contribution is 2.33. The first-order chi connectivity index (χ1) is 16.4. The number of fused-ring (bicyclic) bond motifs is 1. The van der Waals surface area contributed by atoms with Gasteiger partial charge >= 0.3 is 0 Å². The molecule has 0 aromatic carbocycles. The van der Waals surface area contributed by atoms with Crippen molar-refractivity contribution in [2.75, 3.05) is 20.2 Å². The van der Waals surface area contributed by atoms with E-state index in [1.807, 2.05) is 50.0 Å². The predicted octanol–water partition coefficient (Wildman–Crippen LogP) is 3.66. The molecule has 0 atom stereocenters. The fraction of sp³-hybridized carbons (Fsp3) is 0.400. The molecule has 0 aliphatic carbocycles. The van der Waals surface area contributed by atoms with Gasteiger partial charge in [-0.3, -0.25) is 9.48 Å². The highest BCUT2D eigenvalue weighted by molar-refractivity contribution is 5.97. The van der Waals surface area contributed by atoms with Gasteiger partial charge in [-0.1, -0.05) is 19.9 Å². The number of nitrogens with zero attached hydrogens (tertiary/aromatic N) is 7. The van der Waals surface area contributed by atoms with Crippen LogP contribution in [0.3, 0.4) is 0 Å². The maximum Gasteiger partial charge on any atom is 0.264 e. The molecule has 174 valence electrons. The Balaban J connectivity index is 1.55. The van der Waals surface area contributed by atoms with Crippen LogP contribution >= 0.6 is 0 Å². The number of allylic oxidation sites excluding steroid dienone is 1. The van der Waals surface area contributed by atoms with Crippen molar-refractivity contribution in [1.82, 2.24) is 24.3 Å². The molecule has 34 heavy (non-hydrogen) atoms. The number of carbonyl (C=O) groups is 1. The van der Waals surface area contributed by atoms with Gasteiger partial charge in [0.25, 0.3) is 5.91 Å². The molecule has 4 rings (SSSR count). The van der Waals surface area contributed by atoms with Crippen LogP contribution in [0.2, 0.25) is 0 Å². The summed E-state index contributed by atoms with van der Waals surface area (Å²) in [6.45, 7) is 7.10. The van der Waals surface area contributed by atoms with Gasteiger partial charge in [-0.2, -0.15) is 20.7 Å². The number of hydrogen-bond acceptors (Lipinski definition) is 6. The summed E-state index contributed by atoms with van der Waals surface area (Å²) in [5, 5.41) is 27.7. The van der Waals surface area contributed by atoms with Crippen molar-refractivity contribution in [3.05, 3.63) is 47.6 Å². The fourth-order valence-electron chi connectivity index (χ4n) is 4.52. The van der Waals surface area contributed by atoms with E-state index in [-0.39, 0.29) is 23.4 Å². The van der Waals surface area contributed by atoms with E-state index in [1.165, 1.54) is 6.20 Å². The topological polar surface area (TPSA) is 112 Å². The normalized spacial score (nSPS) is 14.9. The third-order valence-electron chi connectivity index (χ3n) is 6.22. The second-order valence-electron chi connectivity index (χ2n) is 8.81. The third-order valence-corrected chi connectivity index (χ3v) is 6.22. The summed E-state index contributed by atoms with van der Waals surface area (Å²) < 4.78 is 9.21. The van der Waals surface area contributed by atoms with Gasteiger partial charge < -0.3 is 9.64 Å². The molecule has 1 aliphatic heterocycles. The number of rotatable bonds is 5. The van der Waals surface area contributed by atoms with Crippen LogP contribution < -0.4 is 4.74 Å². The van der Waals surface area contributed by atoms with Crippen molar-refractivity contribution < 1.29 is 9.53 Å². The lowest BCUT2D eigenvalue weighted by Crippen LogP contribution is -2.40. The molecule has 1 saturated heterocycles. The summed E-state index contributed by atoms with van der Waals surface area (Å²) in [4.78, 5) is 14.5. The van der Waals surface area contributed by atoms with Crippen LogP contribution in [0.15, 0.2) is 36.3 Å². The fourth-order valence-corrected chi connectivity index (χ4v) is 4.52. The molecular formula is C25H27N7O2. The van der Waals surface area contributed by atoms with E-state index in [2.05, 4.69) is 16.3 Å². The Hall–Kier alpha value is -4.11. The van der Waals surface area contributed by atoms with Crippen LogP contribution in [-0.2, 0) is 4.79 Å². The molecule has 0 spiro atoms. The number of nitriles is 2. The van der Waals surface area contributed by atoms with E-state index < -0.39 is 0 Å². The first-order valence-corrected chi connectivity index (χ1v) is 11.3. The van der Waals surface area contributed by atoms with Gasteiger partial charge in [-0.25, -0.2) is 4.52 Å². The number of piperidine rings is 1. The van der Waals surface area contributed by atoms with Gasteiger partial charge in [-0.15, -0.1) is 0 Å².